The van der Waals surface area contributed by atoms with Gasteiger partial charge in [0.15, 0.2) is 0 Å². The van der Waals surface area contributed by atoms with E-state index in [2.05, 4.69) is 46.4 Å². The Kier molecular flexibility index (Phi) is 2.09. The summed E-state index contributed by atoms with van der Waals surface area (Å²) in [6.45, 7) is 3.39. The van der Waals surface area contributed by atoms with Gasteiger partial charge in [-0.15, -0.1) is 0 Å². The summed E-state index contributed by atoms with van der Waals surface area (Å²) in [4.78, 5) is 0. The van der Waals surface area contributed by atoms with Crippen LogP contribution in [0.5, 0.6) is 0 Å². The average Bonchev–Trinajstić information content (AvgIpc) is 2.07. The van der Waals surface area contributed by atoms with Gasteiger partial charge in [-0.1, -0.05) is 22.9 Å². The second kappa shape index (κ2) is 3.09. The molecule has 1 atom stereocenters. The molecule has 0 aliphatic carbocycles. The number of fused-ring (bicyclic) bond motifs is 1. The first-order valence-corrected chi connectivity index (χ1v) is 5.10. The molecule has 0 saturated heterocycles. The second-order valence-electron chi connectivity index (χ2n) is 3.35. The molecule has 0 bridgehead atoms. The van der Waals surface area contributed by atoms with Crippen LogP contribution in [0, 0.1) is 0 Å². The molecule has 0 fully saturated rings. The van der Waals surface area contributed by atoms with Crippen LogP contribution in [0.3, 0.4) is 0 Å². The fourth-order valence-corrected chi connectivity index (χ4v) is 2.06. The number of halogens is 1. The van der Waals surface area contributed by atoms with Crippen LogP contribution in [-0.2, 0) is 0 Å². The minimum absolute atomic E-state index is 0.693. The molecule has 2 rings (SSSR count). The summed E-state index contributed by atoms with van der Waals surface area (Å²) in [7, 11) is 0. The van der Waals surface area contributed by atoms with E-state index in [1.807, 2.05) is 0 Å². The third kappa shape index (κ3) is 1.36. The van der Waals surface area contributed by atoms with Crippen molar-refractivity contribution in [2.45, 2.75) is 19.3 Å². The number of hydrogen-bond donors (Lipinski definition) is 1. The molecule has 64 valence electrons. The topological polar surface area (TPSA) is 12.0 Å². The molecule has 0 aromatic heterocycles. The van der Waals surface area contributed by atoms with E-state index in [0.717, 1.165) is 6.54 Å². The molecule has 1 aliphatic heterocycles. The van der Waals surface area contributed by atoms with Crippen LogP contribution >= 0.6 is 15.9 Å². The van der Waals surface area contributed by atoms with Gasteiger partial charge in [-0.05, 0) is 36.1 Å². The van der Waals surface area contributed by atoms with E-state index in [1.54, 1.807) is 0 Å². The zero-order valence-corrected chi connectivity index (χ0v) is 8.69. The number of nitrogens with one attached hydrogen (secondary N) is 1. The van der Waals surface area contributed by atoms with Gasteiger partial charge < -0.3 is 5.32 Å². The molecule has 0 radical (unpaired) electrons. The minimum Gasteiger partial charge on any atom is -0.385 e. The van der Waals surface area contributed by atoms with E-state index >= 15 is 0 Å². The van der Waals surface area contributed by atoms with Crippen LogP contribution in [-0.4, -0.2) is 6.54 Å². The molecule has 1 heterocycles. The first kappa shape index (κ1) is 8.11. The number of hydrogen-bond acceptors (Lipinski definition) is 1. The van der Waals surface area contributed by atoms with Crippen molar-refractivity contribution in [1.82, 2.24) is 0 Å². The molecule has 1 aromatic rings. The smallest absolute Gasteiger partial charge is 0.0376 e. The molecule has 12 heavy (non-hydrogen) atoms. The van der Waals surface area contributed by atoms with E-state index in [1.165, 1.54) is 22.1 Å². The Morgan fingerprint density at radius 3 is 3.17 bits per heavy atom. The van der Waals surface area contributed by atoms with Crippen molar-refractivity contribution in [1.29, 1.82) is 0 Å². The highest BCUT2D eigenvalue weighted by atomic mass is 79.9. The molecule has 2 heteroatoms. The van der Waals surface area contributed by atoms with Crippen molar-refractivity contribution in [3.05, 3.63) is 28.2 Å². The lowest BCUT2D eigenvalue weighted by Gasteiger charge is -2.23. The summed E-state index contributed by atoms with van der Waals surface area (Å²) in [6, 6.07) is 6.45. The Hall–Kier alpha value is -0.500. The third-order valence-electron chi connectivity index (χ3n) is 2.44. The minimum atomic E-state index is 0.693. The number of anilines is 1. The molecule has 1 N–H and O–H groups in total. The van der Waals surface area contributed by atoms with Gasteiger partial charge in [0, 0.05) is 16.7 Å². The monoisotopic (exact) mass is 225 g/mol. The van der Waals surface area contributed by atoms with Gasteiger partial charge in [0.1, 0.15) is 0 Å². The Balaban J connectivity index is 2.47. The first-order chi connectivity index (χ1) is 5.77. The fourth-order valence-electron chi connectivity index (χ4n) is 1.68. The van der Waals surface area contributed by atoms with Crippen LogP contribution in [0.15, 0.2) is 22.7 Å². The maximum Gasteiger partial charge on any atom is 0.0376 e. The lowest BCUT2D eigenvalue weighted by molar-refractivity contribution is 0.683. The first-order valence-electron chi connectivity index (χ1n) is 4.30. The predicted octanol–water partition coefficient (Wildman–Crippen LogP) is 3.37. The molecular formula is C10H12BrN. The summed E-state index contributed by atoms with van der Waals surface area (Å²) >= 11 is 3.49. The fraction of sp³-hybridized carbons (Fsp3) is 0.400. The average molecular weight is 226 g/mol. The van der Waals surface area contributed by atoms with Gasteiger partial charge in [0.05, 0.1) is 0 Å². The van der Waals surface area contributed by atoms with Crippen molar-refractivity contribution < 1.29 is 0 Å². The largest absolute Gasteiger partial charge is 0.385 e. The predicted molar refractivity (Wildman–Crippen MR) is 55.7 cm³/mol. The standard InChI is InChI=1S/C10H12BrN/c1-7-4-5-12-10-3-2-8(11)6-9(7)10/h2-3,6-7,12H,4-5H2,1H3/t7-/m0/s1. The quantitative estimate of drug-likeness (QED) is 0.715. The van der Waals surface area contributed by atoms with E-state index in [9.17, 15) is 0 Å². The normalized spacial score (nSPS) is 21.3. The number of rotatable bonds is 0. The summed E-state index contributed by atoms with van der Waals surface area (Å²) in [5, 5.41) is 3.40. The lowest BCUT2D eigenvalue weighted by Crippen LogP contribution is -2.14. The van der Waals surface area contributed by atoms with Gasteiger partial charge in [0.2, 0.25) is 0 Å². The molecule has 0 saturated carbocycles. The van der Waals surface area contributed by atoms with Gasteiger partial charge >= 0.3 is 0 Å². The van der Waals surface area contributed by atoms with Crippen molar-refractivity contribution in [3.8, 4) is 0 Å². The molecule has 1 nitrogen and oxygen atoms in total. The second-order valence-corrected chi connectivity index (χ2v) is 4.26. The molecular weight excluding hydrogens is 214 g/mol. The molecule has 1 aliphatic rings. The van der Waals surface area contributed by atoms with Crippen LogP contribution in [0.2, 0.25) is 0 Å². The molecule has 0 spiro atoms. The van der Waals surface area contributed by atoms with Gasteiger partial charge in [-0.3, -0.25) is 0 Å². The zero-order valence-electron chi connectivity index (χ0n) is 7.10. The Labute approximate surface area is 81.3 Å². The highest BCUT2D eigenvalue weighted by Crippen LogP contribution is 2.32. The van der Waals surface area contributed by atoms with Gasteiger partial charge in [-0.25, -0.2) is 0 Å². The van der Waals surface area contributed by atoms with E-state index in [0.29, 0.717) is 5.92 Å². The highest BCUT2D eigenvalue weighted by Gasteiger charge is 2.15. The molecule has 0 amide bonds. The van der Waals surface area contributed by atoms with E-state index < -0.39 is 0 Å². The lowest BCUT2D eigenvalue weighted by atomic mass is 9.93. The van der Waals surface area contributed by atoms with Gasteiger partial charge in [-0.2, -0.15) is 0 Å². The summed E-state index contributed by atoms with van der Waals surface area (Å²) in [6.07, 6.45) is 1.24. The Morgan fingerprint density at radius 1 is 1.50 bits per heavy atom. The SMILES string of the molecule is C[C@H]1CCNc2ccc(Br)cc21. The van der Waals surface area contributed by atoms with Crippen molar-refractivity contribution in [3.63, 3.8) is 0 Å². The van der Waals surface area contributed by atoms with Crippen LogP contribution < -0.4 is 5.32 Å². The van der Waals surface area contributed by atoms with Crippen molar-refractivity contribution >= 4 is 21.6 Å². The summed E-state index contributed by atoms with van der Waals surface area (Å²) in [5.41, 5.74) is 2.74. The summed E-state index contributed by atoms with van der Waals surface area (Å²) in [5.74, 6) is 0.693. The summed E-state index contributed by atoms with van der Waals surface area (Å²) < 4.78 is 1.18. The van der Waals surface area contributed by atoms with Crippen molar-refractivity contribution in [2.75, 3.05) is 11.9 Å². The highest BCUT2D eigenvalue weighted by molar-refractivity contribution is 9.10. The van der Waals surface area contributed by atoms with Crippen LogP contribution in [0.1, 0.15) is 24.8 Å². The van der Waals surface area contributed by atoms with Crippen LogP contribution in [0.25, 0.3) is 0 Å². The third-order valence-corrected chi connectivity index (χ3v) is 2.93. The van der Waals surface area contributed by atoms with E-state index in [4.69, 9.17) is 0 Å². The van der Waals surface area contributed by atoms with Crippen LogP contribution in [0.4, 0.5) is 5.69 Å². The number of benzene rings is 1. The van der Waals surface area contributed by atoms with Gasteiger partial charge in [0.25, 0.3) is 0 Å². The molecule has 0 unspecified atom stereocenters. The maximum atomic E-state index is 3.49. The zero-order chi connectivity index (χ0) is 8.55. The Bertz CT molecular complexity index is 296. The Morgan fingerprint density at radius 2 is 2.33 bits per heavy atom. The van der Waals surface area contributed by atoms with Crippen molar-refractivity contribution in [2.24, 2.45) is 0 Å². The van der Waals surface area contributed by atoms with E-state index in [-0.39, 0.29) is 0 Å². The molecule has 1 aromatic carbocycles. The maximum absolute atomic E-state index is 3.49.